The van der Waals surface area contributed by atoms with Gasteiger partial charge in [0.2, 0.25) is 0 Å². The number of hydrogen-bond acceptors (Lipinski definition) is 4. The summed E-state index contributed by atoms with van der Waals surface area (Å²) in [6, 6.07) is 0. The van der Waals surface area contributed by atoms with E-state index in [1.807, 2.05) is 24.3 Å². The molecule has 0 aliphatic carbocycles. The molecule has 0 saturated carbocycles. The second-order valence-electron chi connectivity index (χ2n) is 3.50. The quantitative estimate of drug-likeness (QED) is 0.604. The van der Waals surface area contributed by atoms with Crippen LogP contribution >= 0.6 is 17.0 Å². The van der Waals surface area contributed by atoms with Crippen LogP contribution in [0.15, 0.2) is 12.4 Å². The average Bonchev–Trinajstić information content (AvgIpc) is 2.44. The lowest BCUT2D eigenvalue weighted by Crippen LogP contribution is -2.23. The Morgan fingerprint density at radius 3 is 2.47 bits per heavy atom. The van der Waals surface area contributed by atoms with E-state index in [1.165, 1.54) is 0 Å². The number of nitrogens with zero attached hydrogens (tertiary/aromatic N) is 2. The van der Waals surface area contributed by atoms with Gasteiger partial charge in [-0.25, -0.2) is 0 Å². The van der Waals surface area contributed by atoms with Gasteiger partial charge in [-0.3, -0.25) is 4.55 Å². The predicted octanol–water partition coefficient (Wildman–Crippen LogP) is 0.908. The smallest absolute Gasteiger partial charge is 0.264 e. The van der Waals surface area contributed by atoms with Crippen molar-refractivity contribution in [3.63, 3.8) is 0 Å². The van der Waals surface area contributed by atoms with E-state index in [-0.39, 0.29) is 22.7 Å². The Kier molecular flexibility index (Phi) is 6.23. The maximum Gasteiger partial charge on any atom is 0.264 e. The van der Waals surface area contributed by atoms with Crippen molar-refractivity contribution in [3.05, 3.63) is 12.4 Å². The van der Waals surface area contributed by atoms with Crippen molar-refractivity contribution < 1.29 is 13.0 Å². The molecule has 15 heavy (non-hydrogen) atoms. The monoisotopic (exact) mass is 300 g/mol. The van der Waals surface area contributed by atoms with E-state index in [4.69, 9.17) is 4.55 Å². The van der Waals surface area contributed by atoms with Crippen molar-refractivity contribution >= 4 is 27.1 Å². The molecule has 1 rings (SSSR count). The van der Waals surface area contributed by atoms with Gasteiger partial charge < -0.3 is 9.80 Å². The van der Waals surface area contributed by atoms with Gasteiger partial charge in [-0.2, -0.15) is 8.42 Å². The molecular formula is C8H17BrN2O3S. The Balaban J connectivity index is 0.00000196. The summed E-state index contributed by atoms with van der Waals surface area (Å²) in [4.78, 5) is 4.15. The van der Waals surface area contributed by atoms with Gasteiger partial charge in [-0.15, -0.1) is 17.0 Å². The normalized spacial score (nSPS) is 15.6. The molecule has 1 aliphatic rings. The standard InChI is InChI=1S/C8H16N2O3S.BrH/c1-9-5-6-10(8-9)4-2-3-7-14(11,12)13;/h5-6H,2-4,7-8H2,1H3,(H,11,12,13);1H. The van der Waals surface area contributed by atoms with E-state index in [9.17, 15) is 8.42 Å². The van der Waals surface area contributed by atoms with E-state index in [2.05, 4.69) is 4.90 Å². The van der Waals surface area contributed by atoms with Crippen molar-refractivity contribution in [1.82, 2.24) is 9.80 Å². The first-order valence-corrected chi connectivity index (χ1v) is 6.16. The van der Waals surface area contributed by atoms with E-state index in [0.29, 0.717) is 6.42 Å². The molecule has 5 nitrogen and oxygen atoms in total. The van der Waals surface area contributed by atoms with E-state index in [1.54, 1.807) is 0 Å². The molecule has 1 aliphatic heterocycles. The van der Waals surface area contributed by atoms with Crippen LogP contribution in [0.5, 0.6) is 0 Å². The fourth-order valence-corrected chi connectivity index (χ4v) is 1.90. The van der Waals surface area contributed by atoms with Gasteiger partial charge in [0.25, 0.3) is 10.1 Å². The van der Waals surface area contributed by atoms with Crippen LogP contribution in [-0.2, 0) is 10.1 Å². The third-order valence-electron chi connectivity index (χ3n) is 2.03. The molecule has 7 heteroatoms. The van der Waals surface area contributed by atoms with E-state index in [0.717, 1.165) is 19.6 Å². The first-order valence-electron chi connectivity index (χ1n) is 4.55. The summed E-state index contributed by atoms with van der Waals surface area (Å²) in [5.74, 6) is -0.138. The fourth-order valence-electron chi connectivity index (χ4n) is 1.33. The average molecular weight is 301 g/mol. The summed E-state index contributed by atoms with van der Waals surface area (Å²) < 4.78 is 29.3. The molecule has 0 atom stereocenters. The van der Waals surface area contributed by atoms with Crippen molar-refractivity contribution in [2.24, 2.45) is 0 Å². The molecule has 0 saturated heterocycles. The zero-order chi connectivity index (χ0) is 10.6. The summed E-state index contributed by atoms with van der Waals surface area (Å²) in [6.45, 7) is 1.68. The first-order chi connectivity index (χ1) is 6.47. The molecule has 0 radical (unpaired) electrons. The van der Waals surface area contributed by atoms with Crippen LogP contribution < -0.4 is 0 Å². The largest absolute Gasteiger partial charge is 0.362 e. The minimum absolute atomic E-state index is 0. The molecule has 1 heterocycles. The Labute approximate surface area is 101 Å². The van der Waals surface area contributed by atoms with Gasteiger partial charge in [-0.05, 0) is 12.8 Å². The highest BCUT2D eigenvalue weighted by molar-refractivity contribution is 8.93. The third kappa shape index (κ3) is 6.75. The number of rotatable bonds is 5. The van der Waals surface area contributed by atoms with Crippen LogP contribution in [0.3, 0.4) is 0 Å². The lowest BCUT2D eigenvalue weighted by Gasteiger charge is -2.17. The molecule has 0 aromatic carbocycles. The summed E-state index contributed by atoms with van der Waals surface area (Å²) in [6.07, 6.45) is 5.24. The highest BCUT2D eigenvalue weighted by Crippen LogP contribution is 2.05. The summed E-state index contributed by atoms with van der Waals surface area (Å²) >= 11 is 0. The molecular weight excluding hydrogens is 284 g/mol. The number of hydrogen-bond donors (Lipinski definition) is 1. The van der Waals surface area contributed by atoms with E-state index >= 15 is 0 Å². The second kappa shape index (κ2) is 6.34. The van der Waals surface area contributed by atoms with Gasteiger partial charge in [0.15, 0.2) is 0 Å². The van der Waals surface area contributed by atoms with Crippen molar-refractivity contribution in [3.8, 4) is 0 Å². The zero-order valence-corrected chi connectivity index (χ0v) is 11.2. The number of halogens is 1. The van der Waals surface area contributed by atoms with Gasteiger partial charge in [0.05, 0.1) is 12.4 Å². The molecule has 0 bridgehead atoms. The van der Waals surface area contributed by atoms with Crippen molar-refractivity contribution in [2.75, 3.05) is 26.0 Å². The number of unbranched alkanes of at least 4 members (excludes halogenated alkanes) is 1. The van der Waals surface area contributed by atoms with Crippen LogP contribution in [0.4, 0.5) is 0 Å². The van der Waals surface area contributed by atoms with Crippen LogP contribution in [0.25, 0.3) is 0 Å². The molecule has 0 unspecified atom stereocenters. The van der Waals surface area contributed by atoms with Crippen molar-refractivity contribution in [2.45, 2.75) is 12.8 Å². The first kappa shape index (κ1) is 14.7. The summed E-state index contributed by atoms with van der Waals surface area (Å²) in [5.41, 5.74) is 0. The molecule has 1 N–H and O–H groups in total. The Bertz CT molecular complexity index is 305. The van der Waals surface area contributed by atoms with Gasteiger partial charge in [0, 0.05) is 26.0 Å². The Morgan fingerprint density at radius 1 is 1.33 bits per heavy atom. The van der Waals surface area contributed by atoms with Crippen molar-refractivity contribution in [1.29, 1.82) is 0 Å². The van der Waals surface area contributed by atoms with Crippen LogP contribution in [-0.4, -0.2) is 48.8 Å². The molecule has 0 amide bonds. The topological polar surface area (TPSA) is 60.9 Å². The molecule has 0 spiro atoms. The highest BCUT2D eigenvalue weighted by atomic mass is 79.9. The highest BCUT2D eigenvalue weighted by Gasteiger charge is 2.08. The molecule has 0 fully saturated rings. The van der Waals surface area contributed by atoms with Gasteiger partial charge in [0.1, 0.15) is 0 Å². The third-order valence-corrected chi connectivity index (χ3v) is 2.84. The summed E-state index contributed by atoms with van der Waals surface area (Å²) in [5, 5.41) is 0. The second-order valence-corrected chi connectivity index (χ2v) is 5.07. The molecule has 0 aromatic rings. The van der Waals surface area contributed by atoms with Gasteiger partial charge in [-0.1, -0.05) is 0 Å². The summed E-state index contributed by atoms with van der Waals surface area (Å²) in [7, 11) is -1.80. The minimum atomic E-state index is -3.78. The molecule has 0 aromatic heterocycles. The SMILES string of the molecule is Br.CN1C=CN(CCCCS(=O)(=O)O)C1. The minimum Gasteiger partial charge on any atom is -0.362 e. The molecule has 90 valence electrons. The lowest BCUT2D eigenvalue weighted by molar-refractivity contribution is 0.293. The zero-order valence-electron chi connectivity index (χ0n) is 8.66. The van der Waals surface area contributed by atoms with Gasteiger partial charge >= 0.3 is 0 Å². The van der Waals surface area contributed by atoms with E-state index < -0.39 is 10.1 Å². The van der Waals surface area contributed by atoms with Crippen LogP contribution in [0.2, 0.25) is 0 Å². The Morgan fingerprint density at radius 2 is 2.00 bits per heavy atom. The van der Waals surface area contributed by atoms with Crippen LogP contribution in [0.1, 0.15) is 12.8 Å². The van der Waals surface area contributed by atoms with Crippen LogP contribution in [0, 0.1) is 0 Å². The predicted molar refractivity (Wildman–Crippen MR) is 64.4 cm³/mol. The maximum atomic E-state index is 10.4. The Hall–Kier alpha value is -0.270. The fraction of sp³-hybridized carbons (Fsp3) is 0.750. The maximum absolute atomic E-state index is 10.4. The lowest BCUT2D eigenvalue weighted by atomic mass is 10.3.